The van der Waals surface area contributed by atoms with Crippen LogP contribution in [0.5, 0.6) is 5.75 Å². The van der Waals surface area contributed by atoms with Crippen LogP contribution in [0.3, 0.4) is 0 Å². The third-order valence-corrected chi connectivity index (χ3v) is 7.10. The van der Waals surface area contributed by atoms with Crippen molar-refractivity contribution in [2.45, 2.75) is 17.7 Å². The summed E-state index contributed by atoms with van der Waals surface area (Å²) in [6.07, 6.45) is 1.77. The summed E-state index contributed by atoms with van der Waals surface area (Å²) in [4.78, 5) is 14.5. The lowest BCUT2D eigenvalue weighted by Crippen LogP contribution is -2.31. The molecule has 2 aromatic carbocycles. The van der Waals surface area contributed by atoms with Crippen molar-refractivity contribution in [1.82, 2.24) is 14.1 Å². The number of hydrogen-bond acceptors (Lipinski definition) is 6. The average Bonchev–Trinajstić information content (AvgIpc) is 3.44. The number of aromatic nitrogens is 2. The number of hydrogen-bond donors (Lipinski definition) is 0. The lowest BCUT2D eigenvalue weighted by atomic mass is 10.3. The molecule has 162 valence electrons. The molecule has 3 aromatic rings. The first-order valence-electron chi connectivity index (χ1n) is 9.48. The summed E-state index contributed by atoms with van der Waals surface area (Å²) in [7, 11) is -2.61. The second-order valence-corrected chi connectivity index (χ2v) is 9.35. The highest BCUT2D eigenvalue weighted by Gasteiger charge is 2.26. The highest BCUT2D eigenvalue weighted by molar-refractivity contribution is 7.90. The molecule has 1 fully saturated rings. The van der Waals surface area contributed by atoms with E-state index >= 15 is 0 Å². The van der Waals surface area contributed by atoms with Crippen LogP contribution in [0, 0.1) is 5.82 Å². The van der Waals surface area contributed by atoms with Gasteiger partial charge < -0.3 is 9.64 Å². The smallest absolute Gasteiger partial charge is 0.283 e. The van der Waals surface area contributed by atoms with Gasteiger partial charge in [0, 0.05) is 13.1 Å². The van der Waals surface area contributed by atoms with Crippen molar-refractivity contribution >= 4 is 27.5 Å². The molecule has 4 rings (SSSR count). The Bertz CT molecular complexity index is 1260. The van der Waals surface area contributed by atoms with Crippen molar-refractivity contribution in [2.24, 2.45) is 4.40 Å². The van der Waals surface area contributed by atoms with E-state index in [0.717, 1.165) is 48.6 Å². The van der Waals surface area contributed by atoms with Gasteiger partial charge >= 0.3 is 0 Å². The molecular formula is C20H19FN4O4S2. The van der Waals surface area contributed by atoms with Gasteiger partial charge in [0.1, 0.15) is 11.6 Å². The normalized spacial score (nSPS) is 14.8. The Balaban J connectivity index is 1.82. The monoisotopic (exact) mass is 462 g/mol. The van der Waals surface area contributed by atoms with E-state index in [1.165, 1.54) is 4.07 Å². The van der Waals surface area contributed by atoms with E-state index in [2.05, 4.69) is 9.50 Å². The summed E-state index contributed by atoms with van der Waals surface area (Å²) in [6.45, 7) is 1.17. The lowest BCUT2D eigenvalue weighted by Gasteiger charge is -2.12. The van der Waals surface area contributed by atoms with Gasteiger partial charge in [-0.15, -0.1) is 9.50 Å². The number of sulfonamides is 1. The van der Waals surface area contributed by atoms with Crippen LogP contribution >= 0.6 is 11.5 Å². The van der Waals surface area contributed by atoms with Crippen LogP contribution in [0.15, 0.2) is 57.8 Å². The summed E-state index contributed by atoms with van der Waals surface area (Å²) in [5.41, 5.74) is 0.593. The Morgan fingerprint density at radius 1 is 1.10 bits per heavy atom. The van der Waals surface area contributed by atoms with Crippen LogP contribution < -0.4 is 9.41 Å². The van der Waals surface area contributed by atoms with Crippen LogP contribution in [0.2, 0.25) is 0 Å². The number of amides is 1. The third kappa shape index (κ3) is 4.52. The van der Waals surface area contributed by atoms with Crippen molar-refractivity contribution in [3.8, 4) is 11.4 Å². The Kier molecular flexibility index (Phi) is 5.88. The molecule has 0 unspecified atom stereocenters. The fourth-order valence-corrected chi connectivity index (χ4v) is 5.18. The summed E-state index contributed by atoms with van der Waals surface area (Å²) >= 11 is 0.935. The molecule has 2 heterocycles. The first-order valence-corrected chi connectivity index (χ1v) is 11.7. The molecule has 1 aromatic heterocycles. The number of ether oxygens (including phenoxy) is 1. The van der Waals surface area contributed by atoms with E-state index in [1.54, 1.807) is 36.3 Å². The van der Waals surface area contributed by atoms with Gasteiger partial charge in [-0.2, -0.15) is 12.5 Å². The molecular weight excluding hydrogens is 443 g/mol. The second-order valence-electron chi connectivity index (χ2n) is 6.84. The molecule has 0 saturated carbocycles. The quantitative estimate of drug-likeness (QED) is 0.581. The van der Waals surface area contributed by atoms with Crippen molar-refractivity contribution in [3.05, 3.63) is 64.7 Å². The lowest BCUT2D eigenvalue weighted by molar-refractivity contribution is 0.0785. The summed E-state index contributed by atoms with van der Waals surface area (Å²) in [5.74, 6) is -0.272. The molecule has 0 radical (unpaired) electrons. The molecule has 0 N–H and O–H groups in total. The van der Waals surface area contributed by atoms with E-state index in [9.17, 15) is 17.6 Å². The molecule has 1 aliphatic rings. The molecule has 0 bridgehead atoms. The molecule has 0 atom stereocenters. The molecule has 1 saturated heterocycles. The first kappa shape index (κ1) is 21.2. The molecule has 31 heavy (non-hydrogen) atoms. The zero-order valence-electron chi connectivity index (χ0n) is 16.6. The largest absolute Gasteiger partial charge is 0.497 e. The van der Waals surface area contributed by atoms with Crippen LogP contribution in [-0.4, -0.2) is 48.6 Å². The number of methoxy groups -OCH3 is 1. The number of carbonyl (C=O) groups excluding carboxylic acids is 1. The van der Waals surface area contributed by atoms with Crippen LogP contribution in [0.25, 0.3) is 5.69 Å². The van der Waals surface area contributed by atoms with Gasteiger partial charge in [-0.05, 0) is 72.9 Å². The maximum atomic E-state index is 13.2. The molecule has 1 aliphatic heterocycles. The number of benzene rings is 2. The van der Waals surface area contributed by atoms with E-state index in [0.29, 0.717) is 24.5 Å². The zero-order valence-corrected chi connectivity index (χ0v) is 18.2. The Labute approximate surface area is 182 Å². The van der Waals surface area contributed by atoms with Gasteiger partial charge in [-0.1, -0.05) is 0 Å². The van der Waals surface area contributed by atoms with Crippen molar-refractivity contribution in [3.63, 3.8) is 0 Å². The Hall–Kier alpha value is -3.05. The average molecular weight is 463 g/mol. The van der Waals surface area contributed by atoms with Crippen LogP contribution in [0.1, 0.15) is 23.3 Å². The van der Waals surface area contributed by atoms with Gasteiger partial charge in [0.25, 0.3) is 15.9 Å². The molecule has 1 amide bonds. The second kappa shape index (κ2) is 8.60. The van der Waals surface area contributed by atoms with Crippen molar-refractivity contribution in [1.29, 1.82) is 0 Å². The topological polar surface area (TPSA) is 93.9 Å². The van der Waals surface area contributed by atoms with Gasteiger partial charge in [0.05, 0.1) is 17.7 Å². The van der Waals surface area contributed by atoms with E-state index in [-0.39, 0.29) is 21.2 Å². The molecule has 8 nitrogen and oxygen atoms in total. The van der Waals surface area contributed by atoms with E-state index in [1.807, 2.05) is 0 Å². The summed E-state index contributed by atoms with van der Waals surface area (Å²) in [5, 5.41) is 4.36. The number of nitrogens with zero attached hydrogens (tertiary/aromatic N) is 4. The van der Waals surface area contributed by atoms with Gasteiger partial charge in [0.2, 0.25) is 0 Å². The highest BCUT2D eigenvalue weighted by Crippen LogP contribution is 2.18. The number of rotatable bonds is 5. The van der Waals surface area contributed by atoms with Crippen LogP contribution in [0.4, 0.5) is 4.39 Å². The summed E-state index contributed by atoms with van der Waals surface area (Å²) < 4.78 is 49.2. The minimum atomic E-state index is -4.16. The van der Waals surface area contributed by atoms with Gasteiger partial charge in [-0.25, -0.2) is 4.39 Å². The third-order valence-electron chi connectivity index (χ3n) is 4.77. The summed E-state index contributed by atoms with van der Waals surface area (Å²) in [6, 6.07) is 11.3. The minimum absolute atomic E-state index is 0.0305. The molecule has 0 spiro atoms. The maximum Gasteiger partial charge on any atom is 0.283 e. The highest BCUT2D eigenvalue weighted by atomic mass is 32.2. The molecule has 0 aliphatic carbocycles. The number of likely N-dealkylation sites (tertiary alicyclic amines) is 1. The van der Waals surface area contributed by atoms with E-state index in [4.69, 9.17) is 4.74 Å². The number of carbonyl (C=O) groups is 1. The minimum Gasteiger partial charge on any atom is -0.497 e. The predicted molar refractivity (Wildman–Crippen MR) is 112 cm³/mol. The fraction of sp³-hybridized carbons (Fsp3) is 0.250. The zero-order chi connectivity index (χ0) is 22.0. The van der Waals surface area contributed by atoms with Gasteiger partial charge in [-0.3, -0.25) is 4.79 Å². The molecule has 11 heteroatoms. The maximum absolute atomic E-state index is 13.2. The predicted octanol–water partition coefficient (Wildman–Crippen LogP) is 2.61. The Morgan fingerprint density at radius 3 is 2.35 bits per heavy atom. The SMILES string of the molecule is COc1ccc(-n2nc(C(=O)N3CCCC3)/c(=N/S(=O)(=O)c3ccc(F)cc3)s2)cc1. The van der Waals surface area contributed by atoms with Crippen molar-refractivity contribution < 1.29 is 22.3 Å². The number of halogens is 1. The van der Waals surface area contributed by atoms with Crippen molar-refractivity contribution in [2.75, 3.05) is 20.2 Å². The Morgan fingerprint density at radius 2 is 1.74 bits per heavy atom. The van der Waals surface area contributed by atoms with Gasteiger partial charge in [0.15, 0.2) is 10.4 Å². The standard InChI is InChI=1S/C20H19FN4O4S2/c1-29-16-8-6-15(7-9-16)25-22-18(20(26)24-12-2-3-13-24)19(30-25)23-31(27,28)17-10-4-14(21)5-11-17/h4-11H,2-3,12-13H2,1H3/b23-19-. The first-order chi connectivity index (χ1) is 14.9. The fourth-order valence-electron chi connectivity index (χ4n) is 3.13. The van der Waals surface area contributed by atoms with E-state index < -0.39 is 15.8 Å². The van der Waals surface area contributed by atoms with Crippen LogP contribution in [-0.2, 0) is 10.0 Å².